The number of alkyl halides is 3. The lowest BCUT2D eigenvalue weighted by atomic mass is 9.34. The van der Waals surface area contributed by atoms with Gasteiger partial charge in [0.2, 0.25) is 5.91 Å². The second-order valence-electron chi connectivity index (χ2n) is 11.2. The van der Waals surface area contributed by atoms with E-state index in [4.69, 9.17) is 4.74 Å². The van der Waals surface area contributed by atoms with Gasteiger partial charge in [0.15, 0.2) is 6.04 Å². The lowest BCUT2D eigenvalue weighted by Crippen LogP contribution is -2.71. The second kappa shape index (κ2) is 7.95. The lowest BCUT2D eigenvalue weighted by Gasteiger charge is -2.67. The highest BCUT2D eigenvalue weighted by Crippen LogP contribution is 2.74. The molecule has 0 radical (unpaired) electrons. The molecule has 2 aromatic rings. The monoisotopic (exact) mass is 501 g/mol. The molecular weight excluding hydrogens is 471 g/mol. The van der Waals surface area contributed by atoms with Crippen molar-refractivity contribution in [3.8, 4) is 0 Å². The van der Waals surface area contributed by atoms with Crippen molar-refractivity contribution in [3.63, 3.8) is 0 Å². The third-order valence-electron chi connectivity index (χ3n) is 8.53. The van der Waals surface area contributed by atoms with E-state index in [0.717, 1.165) is 18.4 Å². The fraction of sp³-hybridized carbons (Fsp3) is 0.519. The Kier molecular flexibility index (Phi) is 5.43. The molecule has 4 aliphatic rings. The molecule has 6 nitrogen and oxygen atoms in total. The summed E-state index contributed by atoms with van der Waals surface area (Å²) in [5, 5.41) is 3.44. The maximum Gasteiger partial charge on any atom is 0.414 e. The van der Waals surface area contributed by atoms with Crippen molar-refractivity contribution in [2.45, 2.75) is 63.2 Å². The number of nitrogens with one attached hydrogen (secondary N) is 1. The number of methoxy groups -OCH3 is 1. The predicted molar refractivity (Wildman–Crippen MR) is 127 cm³/mol. The molecule has 0 aliphatic heterocycles. The van der Waals surface area contributed by atoms with Crippen LogP contribution in [-0.4, -0.2) is 48.1 Å². The number of halogens is 3. The number of esters is 1. The molecule has 3 saturated carbocycles. The number of anilines is 1. The van der Waals surface area contributed by atoms with Gasteiger partial charge < -0.3 is 15.0 Å². The van der Waals surface area contributed by atoms with Gasteiger partial charge in [-0.25, -0.2) is 0 Å². The Labute approximate surface area is 208 Å². The van der Waals surface area contributed by atoms with E-state index in [1.54, 1.807) is 6.07 Å². The molecule has 1 N–H and O–H groups in total. The normalized spacial score (nSPS) is 28.2. The van der Waals surface area contributed by atoms with Gasteiger partial charge in [-0.05, 0) is 48.9 Å². The predicted octanol–water partition coefficient (Wildman–Crippen LogP) is 4.80. The third kappa shape index (κ3) is 3.58. The zero-order valence-electron chi connectivity index (χ0n) is 20.8. The van der Waals surface area contributed by atoms with Gasteiger partial charge in [0, 0.05) is 18.5 Å². The molecule has 9 heteroatoms. The minimum atomic E-state index is -4.70. The molecule has 2 atom stereocenters. The molecule has 1 aromatic heterocycles. The minimum Gasteiger partial charge on any atom is -0.469 e. The molecule has 4 aliphatic carbocycles. The number of aromatic nitrogens is 1. The zero-order valence-corrected chi connectivity index (χ0v) is 20.8. The Hall–Kier alpha value is -3.10. The van der Waals surface area contributed by atoms with Crippen molar-refractivity contribution in [1.82, 2.24) is 9.88 Å². The number of hydrogen-bond acceptors (Lipinski definition) is 5. The SMILES string of the molecule is COC(=O)C12CC(C(=O)N(C)C(c3ccc(N[C@H]4Cc5ccccc5C4(C)C)cn3)C(F)(F)F)(C1)C2. The van der Waals surface area contributed by atoms with E-state index in [-0.39, 0.29) is 36.4 Å². The van der Waals surface area contributed by atoms with E-state index in [9.17, 15) is 22.8 Å². The summed E-state index contributed by atoms with van der Waals surface area (Å²) < 4.78 is 47.2. The van der Waals surface area contributed by atoms with Crippen LogP contribution in [0.5, 0.6) is 0 Å². The van der Waals surface area contributed by atoms with Crippen LogP contribution in [0, 0.1) is 10.8 Å². The van der Waals surface area contributed by atoms with Gasteiger partial charge in [-0.1, -0.05) is 38.1 Å². The van der Waals surface area contributed by atoms with Crippen LogP contribution in [0.1, 0.15) is 56.0 Å². The molecule has 1 amide bonds. The Balaban J connectivity index is 1.31. The highest BCUT2D eigenvalue weighted by molar-refractivity contribution is 5.94. The molecule has 1 unspecified atom stereocenters. The number of rotatable bonds is 6. The van der Waals surface area contributed by atoms with E-state index in [2.05, 4.69) is 36.3 Å². The van der Waals surface area contributed by atoms with Crippen molar-refractivity contribution in [2.24, 2.45) is 10.8 Å². The number of carbonyl (C=O) groups excluding carboxylic acids is 2. The summed E-state index contributed by atoms with van der Waals surface area (Å²) in [4.78, 5) is 29.9. The first-order valence-corrected chi connectivity index (χ1v) is 12.1. The Bertz CT molecular complexity index is 1190. The van der Waals surface area contributed by atoms with Crippen LogP contribution in [0.2, 0.25) is 0 Å². The number of hydrogen-bond donors (Lipinski definition) is 1. The van der Waals surface area contributed by atoms with E-state index in [1.165, 1.54) is 30.5 Å². The van der Waals surface area contributed by atoms with E-state index in [0.29, 0.717) is 5.69 Å². The van der Waals surface area contributed by atoms with Crippen molar-refractivity contribution in [3.05, 3.63) is 59.4 Å². The van der Waals surface area contributed by atoms with Crippen LogP contribution in [0.3, 0.4) is 0 Å². The van der Waals surface area contributed by atoms with Crippen molar-refractivity contribution < 1.29 is 27.5 Å². The number of fused-ring (bicyclic) bond motifs is 1. The highest BCUT2D eigenvalue weighted by Gasteiger charge is 2.76. The molecule has 2 bridgehead atoms. The van der Waals surface area contributed by atoms with Gasteiger partial charge in [-0.2, -0.15) is 13.2 Å². The molecule has 1 heterocycles. The quantitative estimate of drug-likeness (QED) is 0.576. The summed E-state index contributed by atoms with van der Waals surface area (Å²) in [7, 11) is 2.44. The Morgan fingerprint density at radius 2 is 1.78 bits per heavy atom. The first-order valence-electron chi connectivity index (χ1n) is 12.1. The molecular formula is C27H30F3N3O3. The second-order valence-corrected chi connectivity index (χ2v) is 11.2. The summed E-state index contributed by atoms with van der Waals surface area (Å²) in [6, 6.07) is 9.04. The minimum absolute atomic E-state index is 0.0663. The van der Waals surface area contributed by atoms with E-state index < -0.39 is 34.9 Å². The van der Waals surface area contributed by atoms with E-state index >= 15 is 0 Å². The smallest absolute Gasteiger partial charge is 0.414 e. The molecule has 0 saturated heterocycles. The Morgan fingerprint density at radius 1 is 1.11 bits per heavy atom. The third-order valence-corrected chi connectivity index (χ3v) is 8.53. The van der Waals surface area contributed by atoms with Crippen LogP contribution >= 0.6 is 0 Å². The lowest BCUT2D eigenvalue weighted by molar-refractivity contribution is -0.237. The standard InChI is InChI=1S/C27H30F3N3O3/c1-24(2)18-8-6-5-7-16(18)11-20(24)32-17-9-10-19(31-12-17)21(27(28,29)30)33(3)22(34)25-13-26(14-25,15-25)23(35)36-4/h5-10,12,20-21,32H,11,13-15H2,1-4H3/t20-,21?,25?,26?/m0/s1. The van der Waals surface area contributed by atoms with Gasteiger partial charge >= 0.3 is 12.1 Å². The number of nitrogens with zero attached hydrogens (tertiary/aromatic N) is 2. The summed E-state index contributed by atoms with van der Waals surface area (Å²) >= 11 is 0. The number of pyridine rings is 1. The first kappa shape index (κ1) is 24.6. The van der Waals surface area contributed by atoms with Crippen molar-refractivity contribution in [2.75, 3.05) is 19.5 Å². The zero-order chi connectivity index (χ0) is 26.1. The van der Waals surface area contributed by atoms with Gasteiger partial charge in [0.05, 0.1) is 35.5 Å². The van der Waals surface area contributed by atoms with Crippen molar-refractivity contribution in [1.29, 1.82) is 0 Å². The average Bonchev–Trinajstić information content (AvgIpc) is 3.02. The van der Waals surface area contributed by atoms with Crippen LogP contribution in [0.4, 0.5) is 18.9 Å². The molecule has 3 fully saturated rings. The summed E-state index contributed by atoms with van der Waals surface area (Å²) in [5.74, 6) is -1.00. The maximum absolute atomic E-state index is 14.2. The number of ether oxygens (including phenoxy) is 1. The van der Waals surface area contributed by atoms with Gasteiger partial charge in [0.1, 0.15) is 0 Å². The molecule has 6 rings (SSSR count). The van der Waals surface area contributed by atoms with E-state index in [1.807, 2.05) is 12.1 Å². The fourth-order valence-electron chi connectivity index (χ4n) is 6.60. The molecule has 1 aromatic carbocycles. The first-order chi connectivity index (χ1) is 16.8. The molecule has 0 spiro atoms. The average molecular weight is 502 g/mol. The highest BCUT2D eigenvalue weighted by atomic mass is 19.4. The van der Waals surface area contributed by atoms with Crippen LogP contribution in [0.25, 0.3) is 0 Å². The summed E-state index contributed by atoms with van der Waals surface area (Å²) in [5.41, 5.74) is 1.11. The Morgan fingerprint density at radius 3 is 2.33 bits per heavy atom. The number of carbonyl (C=O) groups is 2. The van der Waals surface area contributed by atoms with Gasteiger partial charge in [-0.15, -0.1) is 0 Å². The van der Waals surface area contributed by atoms with Gasteiger partial charge in [-0.3, -0.25) is 14.6 Å². The topological polar surface area (TPSA) is 71.5 Å². The van der Waals surface area contributed by atoms with Gasteiger partial charge in [0.25, 0.3) is 0 Å². The van der Waals surface area contributed by atoms with Crippen LogP contribution < -0.4 is 5.32 Å². The van der Waals surface area contributed by atoms with Crippen LogP contribution in [-0.2, 0) is 26.2 Å². The molecule has 36 heavy (non-hydrogen) atoms. The van der Waals surface area contributed by atoms with Crippen molar-refractivity contribution >= 4 is 17.6 Å². The number of amides is 1. The van der Waals surface area contributed by atoms with Crippen LogP contribution in [0.15, 0.2) is 42.6 Å². The maximum atomic E-state index is 14.2. The molecule has 192 valence electrons. The largest absolute Gasteiger partial charge is 0.469 e. The fourth-order valence-corrected chi connectivity index (χ4v) is 6.60. The number of benzene rings is 1. The summed E-state index contributed by atoms with van der Waals surface area (Å²) in [6.07, 6.45) is -1.80. The summed E-state index contributed by atoms with van der Waals surface area (Å²) in [6.45, 7) is 4.29.